The van der Waals surface area contributed by atoms with Crippen molar-refractivity contribution in [3.8, 4) is 5.75 Å². The molecule has 3 unspecified atom stereocenters. The van der Waals surface area contributed by atoms with E-state index in [-0.39, 0.29) is 25.0 Å². The highest BCUT2D eigenvalue weighted by atomic mass is 16.5. The van der Waals surface area contributed by atoms with E-state index in [0.29, 0.717) is 58.6 Å². The van der Waals surface area contributed by atoms with Crippen molar-refractivity contribution in [2.45, 2.75) is 63.8 Å². The van der Waals surface area contributed by atoms with E-state index in [1.54, 1.807) is 26.0 Å². The number of nitrogens with zero attached hydrogens (tertiary/aromatic N) is 2. The van der Waals surface area contributed by atoms with Gasteiger partial charge in [-0.2, -0.15) is 0 Å². The summed E-state index contributed by atoms with van der Waals surface area (Å²) in [6, 6.07) is 13.8. The van der Waals surface area contributed by atoms with Crippen LogP contribution in [0.2, 0.25) is 0 Å². The molecule has 1 saturated heterocycles. The zero-order valence-electron chi connectivity index (χ0n) is 29.9. The monoisotopic (exact) mass is 687 g/mol. The molecule has 12 heteroatoms. The fourth-order valence-corrected chi connectivity index (χ4v) is 6.45. The van der Waals surface area contributed by atoms with Crippen molar-refractivity contribution in [1.82, 2.24) is 4.90 Å². The van der Waals surface area contributed by atoms with E-state index in [2.05, 4.69) is 42.2 Å². The smallest absolute Gasteiger partial charge is 0.239 e. The molecule has 2 aliphatic rings. The van der Waals surface area contributed by atoms with E-state index in [9.17, 15) is 9.90 Å². The molecule has 1 fully saturated rings. The molecule has 49 heavy (non-hydrogen) atoms. The summed E-state index contributed by atoms with van der Waals surface area (Å²) in [6.45, 7) is 9.73. The molecular formula is C37H57N3O9. The summed E-state index contributed by atoms with van der Waals surface area (Å²) in [5.74, 6) is 0.761. The Bertz CT molecular complexity index is 1260. The van der Waals surface area contributed by atoms with Crippen molar-refractivity contribution in [1.29, 1.82) is 0 Å². The predicted molar refractivity (Wildman–Crippen MR) is 187 cm³/mol. The van der Waals surface area contributed by atoms with E-state index in [4.69, 9.17) is 38.9 Å². The maximum absolute atomic E-state index is 13.3. The summed E-state index contributed by atoms with van der Waals surface area (Å²) in [7, 11) is 4.95. The number of rotatable bonds is 20. The molecule has 0 aromatic heterocycles. The lowest BCUT2D eigenvalue weighted by Crippen LogP contribution is -2.57. The molecule has 3 N–H and O–H groups in total. The second-order valence-electron chi connectivity index (χ2n) is 13.2. The van der Waals surface area contributed by atoms with Crippen molar-refractivity contribution in [2.75, 3.05) is 92.0 Å². The highest BCUT2D eigenvalue weighted by molar-refractivity contribution is 5.81. The van der Waals surface area contributed by atoms with Crippen LogP contribution in [-0.4, -0.2) is 127 Å². The van der Waals surface area contributed by atoms with Crippen LogP contribution in [0.4, 0.5) is 5.69 Å². The minimum Gasteiger partial charge on any atom is -0.490 e. The molecule has 0 bridgehead atoms. The first-order valence-corrected chi connectivity index (χ1v) is 17.3. The van der Waals surface area contributed by atoms with Crippen LogP contribution in [0.25, 0.3) is 0 Å². The number of methoxy groups -OCH3 is 3. The summed E-state index contributed by atoms with van der Waals surface area (Å²) < 4.78 is 40.6. The Morgan fingerprint density at radius 2 is 1.63 bits per heavy atom. The van der Waals surface area contributed by atoms with E-state index >= 15 is 0 Å². The van der Waals surface area contributed by atoms with Gasteiger partial charge in [-0.3, -0.25) is 4.79 Å². The number of aliphatic hydroxyl groups excluding tert-OH is 1. The number of hydrogen-bond acceptors (Lipinski definition) is 11. The van der Waals surface area contributed by atoms with E-state index in [1.807, 2.05) is 12.1 Å². The van der Waals surface area contributed by atoms with Crippen molar-refractivity contribution in [2.24, 2.45) is 11.7 Å². The number of likely N-dealkylation sites (tertiary alicyclic amines) is 1. The molecule has 274 valence electrons. The van der Waals surface area contributed by atoms with Crippen molar-refractivity contribution < 1.29 is 43.1 Å². The van der Waals surface area contributed by atoms with Crippen LogP contribution in [0.5, 0.6) is 5.75 Å². The number of aliphatic hydroxyl groups is 1. The third-order valence-electron chi connectivity index (χ3n) is 8.87. The molecule has 12 nitrogen and oxygen atoms in total. The second-order valence-corrected chi connectivity index (χ2v) is 13.2. The van der Waals surface area contributed by atoms with Gasteiger partial charge in [0.1, 0.15) is 18.5 Å². The Hall–Kier alpha value is -2.81. The molecule has 0 spiro atoms. The third kappa shape index (κ3) is 11.6. The molecule has 1 amide bonds. The van der Waals surface area contributed by atoms with Crippen molar-refractivity contribution in [3.63, 3.8) is 0 Å². The average Bonchev–Trinajstić information content (AvgIpc) is 3.10. The Labute approximate surface area is 291 Å². The lowest BCUT2D eigenvalue weighted by Gasteiger charge is -2.44. The van der Waals surface area contributed by atoms with Crippen molar-refractivity contribution >= 4 is 11.6 Å². The zero-order chi connectivity index (χ0) is 35.2. The Kier molecular flexibility index (Phi) is 16.0. The van der Waals surface area contributed by atoms with Gasteiger partial charge in [-0.25, -0.2) is 0 Å². The SMILES string of the molecule is COCCCN1CCOc2ccc(CO[C@H]3CN(C(=O)C(C)N)C[C@@H](OCC(O)COC)[C@@H]3c3ccc(COCC(C)COC)cc3)cc21. The van der Waals surface area contributed by atoms with Gasteiger partial charge < -0.3 is 53.8 Å². The van der Waals surface area contributed by atoms with Gasteiger partial charge in [0, 0.05) is 59.4 Å². The highest BCUT2D eigenvalue weighted by Gasteiger charge is 2.41. The molecule has 2 aromatic carbocycles. The van der Waals surface area contributed by atoms with Crippen LogP contribution in [0.3, 0.4) is 0 Å². The summed E-state index contributed by atoms with van der Waals surface area (Å²) in [6.07, 6.45) is -0.766. The average molecular weight is 688 g/mol. The number of ether oxygens (including phenoxy) is 7. The van der Waals surface area contributed by atoms with Gasteiger partial charge >= 0.3 is 0 Å². The number of fused-ring (bicyclic) bond motifs is 1. The van der Waals surface area contributed by atoms with Gasteiger partial charge in [0.05, 0.1) is 70.1 Å². The van der Waals surface area contributed by atoms with Crippen LogP contribution >= 0.6 is 0 Å². The molecule has 2 aromatic rings. The summed E-state index contributed by atoms with van der Waals surface area (Å²) in [4.78, 5) is 17.3. The quantitative estimate of drug-likeness (QED) is 0.199. The van der Waals surface area contributed by atoms with Crippen LogP contribution < -0.4 is 15.4 Å². The number of hydrogen-bond donors (Lipinski definition) is 2. The second kappa shape index (κ2) is 20.1. The molecule has 6 atom stereocenters. The summed E-state index contributed by atoms with van der Waals surface area (Å²) in [5, 5.41) is 10.5. The van der Waals surface area contributed by atoms with Gasteiger partial charge in [-0.05, 0) is 42.2 Å². The largest absolute Gasteiger partial charge is 0.490 e. The standard InChI is InChI=1S/C37H57N3O9/c1-26(20-44-4)21-46-22-28-7-10-30(11-8-28)36-34(18-40(37(42)27(2)38)19-35(36)49-25-31(41)24-45-5)48-23-29-9-12-33-32(17-29)39(14-16-47-33)13-6-15-43-3/h7-12,17,26-27,31,34-36,41H,6,13-16,18-25,38H2,1-5H3/t26?,27?,31?,34-,35+,36+/m0/s1. The Balaban J connectivity index is 1.57. The molecule has 0 saturated carbocycles. The van der Waals surface area contributed by atoms with Gasteiger partial charge in [-0.1, -0.05) is 37.3 Å². The summed E-state index contributed by atoms with van der Waals surface area (Å²) in [5.41, 5.74) is 10.2. The summed E-state index contributed by atoms with van der Waals surface area (Å²) >= 11 is 0. The number of carbonyl (C=O) groups excluding carboxylic acids is 1. The van der Waals surface area contributed by atoms with Gasteiger partial charge in [0.25, 0.3) is 0 Å². The fourth-order valence-electron chi connectivity index (χ4n) is 6.45. The van der Waals surface area contributed by atoms with Gasteiger partial charge in [0.2, 0.25) is 5.91 Å². The van der Waals surface area contributed by atoms with E-state index in [1.165, 1.54) is 7.11 Å². The lowest BCUT2D eigenvalue weighted by atomic mass is 9.83. The number of piperidine rings is 1. The number of nitrogens with two attached hydrogens (primary N) is 1. The highest BCUT2D eigenvalue weighted by Crippen LogP contribution is 2.36. The van der Waals surface area contributed by atoms with Crippen molar-refractivity contribution in [3.05, 3.63) is 59.2 Å². The molecule has 2 heterocycles. The minimum absolute atomic E-state index is 0.0528. The molecule has 0 radical (unpaired) electrons. The maximum atomic E-state index is 13.3. The first kappa shape index (κ1) is 39.0. The van der Waals surface area contributed by atoms with Crippen LogP contribution in [0, 0.1) is 5.92 Å². The van der Waals surface area contributed by atoms with Gasteiger partial charge in [0.15, 0.2) is 0 Å². The third-order valence-corrected chi connectivity index (χ3v) is 8.87. The lowest BCUT2D eigenvalue weighted by molar-refractivity contribution is -0.149. The fraction of sp³-hybridized carbons (Fsp3) is 0.649. The topological polar surface area (TPSA) is 134 Å². The van der Waals surface area contributed by atoms with Crippen LogP contribution in [-0.2, 0) is 46.4 Å². The normalized spacial score (nSPS) is 21.2. The molecule has 4 rings (SSSR count). The Morgan fingerprint density at radius 1 is 0.918 bits per heavy atom. The van der Waals surface area contributed by atoms with Gasteiger partial charge in [-0.15, -0.1) is 0 Å². The minimum atomic E-state index is -0.811. The molecule has 2 aliphatic heterocycles. The first-order chi connectivity index (χ1) is 23.7. The number of amides is 1. The molecular weight excluding hydrogens is 630 g/mol. The number of carbonyl (C=O) groups is 1. The van der Waals surface area contributed by atoms with Crippen LogP contribution in [0.15, 0.2) is 42.5 Å². The maximum Gasteiger partial charge on any atom is 0.239 e. The number of anilines is 1. The zero-order valence-corrected chi connectivity index (χ0v) is 29.9. The van der Waals surface area contributed by atoms with Crippen LogP contribution in [0.1, 0.15) is 42.9 Å². The van der Waals surface area contributed by atoms with E-state index in [0.717, 1.165) is 47.6 Å². The molecule has 0 aliphatic carbocycles. The van der Waals surface area contributed by atoms with E-state index < -0.39 is 24.4 Å². The first-order valence-electron chi connectivity index (χ1n) is 17.3. The number of benzene rings is 2. The Morgan fingerprint density at radius 3 is 2.33 bits per heavy atom. The predicted octanol–water partition coefficient (Wildman–Crippen LogP) is 2.97.